The molecule has 0 aliphatic heterocycles. The van der Waals surface area contributed by atoms with E-state index < -0.39 is 6.36 Å². The van der Waals surface area contributed by atoms with E-state index in [1.165, 1.54) is 24.3 Å². The molecule has 0 bridgehead atoms. The molecular weight excluding hydrogens is 277 g/mol. The lowest BCUT2D eigenvalue weighted by molar-refractivity contribution is -0.274. The molecular formula is C17H11F3O. The van der Waals surface area contributed by atoms with E-state index in [1.54, 1.807) is 6.08 Å². The van der Waals surface area contributed by atoms with Crippen LogP contribution < -0.4 is 4.74 Å². The normalized spacial score (nSPS) is 11.0. The van der Waals surface area contributed by atoms with E-state index in [0.717, 1.165) is 5.56 Å². The fourth-order valence-corrected chi connectivity index (χ4v) is 1.57. The van der Waals surface area contributed by atoms with Crippen molar-refractivity contribution in [3.8, 4) is 17.6 Å². The third-order valence-electron chi connectivity index (χ3n) is 2.46. The van der Waals surface area contributed by atoms with Crippen molar-refractivity contribution in [2.24, 2.45) is 0 Å². The van der Waals surface area contributed by atoms with Crippen molar-refractivity contribution >= 4 is 6.08 Å². The average Bonchev–Trinajstić information content (AvgIpc) is 2.45. The van der Waals surface area contributed by atoms with Crippen molar-refractivity contribution in [1.29, 1.82) is 0 Å². The van der Waals surface area contributed by atoms with Crippen LogP contribution in [0.2, 0.25) is 0 Å². The zero-order valence-corrected chi connectivity index (χ0v) is 10.9. The predicted octanol–water partition coefficient (Wildman–Crippen LogP) is 4.65. The fourth-order valence-electron chi connectivity index (χ4n) is 1.57. The molecule has 21 heavy (non-hydrogen) atoms. The van der Waals surface area contributed by atoms with Gasteiger partial charge in [0.1, 0.15) is 5.75 Å². The summed E-state index contributed by atoms with van der Waals surface area (Å²) < 4.78 is 39.8. The van der Waals surface area contributed by atoms with Crippen LogP contribution in [0.25, 0.3) is 6.08 Å². The summed E-state index contributed by atoms with van der Waals surface area (Å²) in [5.41, 5.74) is 1.64. The molecule has 0 saturated heterocycles. The summed E-state index contributed by atoms with van der Waals surface area (Å²) in [5, 5.41) is 0. The van der Waals surface area contributed by atoms with Crippen LogP contribution in [0, 0.1) is 11.8 Å². The SMILES string of the molecule is FC(F)(F)Oc1ccc(C#C/C=C/c2ccccc2)cc1. The lowest BCUT2D eigenvalue weighted by atomic mass is 10.2. The van der Waals surface area contributed by atoms with Gasteiger partial charge in [-0.15, -0.1) is 13.2 Å². The highest BCUT2D eigenvalue weighted by molar-refractivity contribution is 5.53. The Kier molecular flexibility index (Phi) is 4.68. The molecule has 0 spiro atoms. The third-order valence-corrected chi connectivity index (χ3v) is 2.46. The van der Waals surface area contributed by atoms with Gasteiger partial charge in [-0.1, -0.05) is 42.2 Å². The molecule has 0 N–H and O–H groups in total. The highest BCUT2D eigenvalue weighted by Gasteiger charge is 2.30. The number of alkyl halides is 3. The van der Waals surface area contributed by atoms with Gasteiger partial charge < -0.3 is 4.74 Å². The predicted molar refractivity (Wildman–Crippen MR) is 75.5 cm³/mol. The van der Waals surface area contributed by atoms with Crippen molar-refractivity contribution in [3.05, 3.63) is 71.8 Å². The average molecular weight is 288 g/mol. The van der Waals surface area contributed by atoms with Crippen LogP contribution in [0.1, 0.15) is 11.1 Å². The van der Waals surface area contributed by atoms with Crippen LogP contribution in [0.15, 0.2) is 60.7 Å². The van der Waals surface area contributed by atoms with Gasteiger partial charge in [0.15, 0.2) is 0 Å². The van der Waals surface area contributed by atoms with Crippen molar-refractivity contribution in [2.75, 3.05) is 0 Å². The minimum atomic E-state index is -4.67. The van der Waals surface area contributed by atoms with Crippen molar-refractivity contribution in [2.45, 2.75) is 6.36 Å². The minimum Gasteiger partial charge on any atom is -0.406 e. The molecule has 0 saturated carbocycles. The Morgan fingerprint density at radius 2 is 1.57 bits per heavy atom. The first-order valence-corrected chi connectivity index (χ1v) is 6.12. The summed E-state index contributed by atoms with van der Waals surface area (Å²) in [6.45, 7) is 0. The number of benzene rings is 2. The number of hydrogen-bond acceptors (Lipinski definition) is 1. The quantitative estimate of drug-likeness (QED) is 0.731. The Balaban J connectivity index is 1.98. The smallest absolute Gasteiger partial charge is 0.406 e. The Hall–Kier alpha value is -2.67. The second kappa shape index (κ2) is 6.67. The van der Waals surface area contributed by atoms with Gasteiger partial charge in [-0.3, -0.25) is 0 Å². The van der Waals surface area contributed by atoms with Crippen molar-refractivity contribution < 1.29 is 17.9 Å². The Bertz CT molecular complexity index is 659. The first-order chi connectivity index (χ1) is 10.0. The molecule has 1 nitrogen and oxygen atoms in total. The van der Waals surface area contributed by atoms with Gasteiger partial charge in [0, 0.05) is 5.56 Å². The van der Waals surface area contributed by atoms with Gasteiger partial charge in [0.2, 0.25) is 0 Å². The molecule has 0 heterocycles. The molecule has 2 aromatic rings. The van der Waals surface area contributed by atoms with E-state index in [1.807, 2.05) is 36.4 Å². The van der Waals surface area contributed by atoms with Crippen LogP contribution in [-0.2, 0) is 0 Å². The minimum absolute atomic E-state index is 0.257. The summed E-state index contributed by atoms with van der Waals surface area (Å²) in [7, 11) is 0. The van der Waals surface area contributed by atoms with E-state index in [-0.39, 0.29) is 5.75 Å². The maximum absolute atomic E-state index is 12.0. The number of allylic oxidation sites excluding steroid dienone is 1. The molecule has 2 aromatic carbocycles. The monoisotopic (exact) mass is 288 g/mol. The summed E-state index contributed by atoms with van der Waals surface area (Å²) in [4.78, 5) is 0. The fraction of sp³-hybridized carbons (Fsp3) is 0.0588. The van der Waals surface area contributed by atoms with E-state index in [0.29, 0.717) is 5.56 Å². The first-order valence-electron chi connectivity index (χ1n) is 6.12. The molecule has 0 aromatic heterocycles. The molecule has 0 amide bonds. The van der Waals surface area contributed by atoms with E-state index in [9.17, 15) is 13.2 Å². The Morgan fingerprint density at radius 1 is 0.905 bits per heavy atom. The molecule has 0 fully saturated rings. The van der Waals surface area contributed by atoms with Crippen LogP contribution in [0.3, 0.4) is 0 Å². The van der Waals surface area contributed by atoms with Crippen LogP contribution in [0.4, 0.5) is 13.2 Å². The number of rotatable bonds is 2. The van der Waals surface area contributed by atoms with Crippen molar-refractivity contribution in [3.63, 3.8) is 0 Å². The molecule has 0 atom stereocenters. The molecule has 0 aliphatic carbocycles. The summed E-state index contributed by atoms with van der Waals surface area (Å²) in [6.07, 6.45) is -1.13. The Labute approximate surface area is 120 Å². The second-order valence-corrected chi connectivity index (χ2v) is 4.09. The van der Waals surface area contributed by atoms with E-state index in [2.05, 4.69) is 16.6 Å². The summed E-state index contributed by atoms with van der Waals surface area (Å²) >= 11 is 0. The van der Waals surface area contributed by atoms with Gasteiger partial charge >= 0.3 is 6.36 Å². The highest BCUT2D eigenvalue weighted by atomic mass is 19.4. The zero-order valence-electron chi connectivity index (χ0n) is 10.9. The first kappa shape index (κ1) is 14.7. The maximum atomic E-state index is 12.0. The second-order valence-electron chi connectivity index (χ2n) is 4.09. The van der Waals surface area contributed by atoms with Gasteiger partial charge in [0.25, 0.3) is 0 Å². The summed E-state index contributed by atoms with van der Waals surface area (Å²) in [6, 6.07) is 15.1. The lowest BCUT2D eigenvalue weighted by Gasteiger charge is -2.07. The lowest BCUT2D eigenvalue weighted by Crippen LogP contribution is -2.16. The standard InChI is InChI=1S/C17H11F3O/c18-17(19,20)21-16-12-10-15(11-13-16)9-5-4-8-14-6-2-1-3-7-14/h1-4,6-8,10-13H/b8-4+. The largest absolute Gasteiger partial charge is 0.573 e. The number of hydrogen-bond donors (Lipinski definition) is 0. The third kappa shape index (κ3) is 5.45. The molecule has 0 radical (unpaired) electrons. The molecule has 2 rings (SSSR count). The van der Waals surface area contributed by atoms with Gasteiger partial charge in [-0.25, -0.2) is 0 Å². The zero-order chi connectivity index (χ0) is 15.1. The van der Waals surface area contributed by atoms with E-state index >= 15 is 0 Å². The van der Waals surface area contributed by atoms with Gasteiger partial charge in [-0.2, -0.15) is 0 Å². The number of ether oxygens (including phenoxy) is 1. The topological polar surface area (TPSA) is 9.23 Å². The number of halogens is 3. The molecule has 4 heteroatoms. The molecule has 106 valence electrons. The molecule has 0 unspecified atom stereocenters. The van der Waals surface area contributed by atoms with Crippen LogP contribution in [-0.4, -0.2) is 6.36 Å². The summed E-state index contributed by atoms with van der Waals surface area (Å²) in [5.74, 6) is 5.40. The Morgan fingerprint density at radius 3 is 2.19 bits per heavy atom. The van der Waals surface area contributed by atoms with Gasteiger partial charge in [-0.05, 0) is 42.0 Å². The van der Waals surface area contributed by atoms with Crippen LogP contribution in [0.5, 0.6) is 5.75 Å². The maximum Gasteiger partial charge on any atom is 0.573 e. The van der Waals surface area contributed by atoms with Gasteiger partial charge in [0.05, 0.1) is 0 Å². The molecule has 0 aliphatic rings. The van der Waals surface area contributed by atoms with E-state index in [4.69, 9.17) is 0 Å². The van der Waals surface area contributed by atoms with Crippen LogP contribution >= 0.6 is 0 Å². The van der Waals surface area contributed by atoms with Crippen molar-refractivity contribution in [1.82, 2.24) is 0 Å². The highest BCUT2D eigenvalue weighted by Crippen LogP contribution is 2.22.